The highest BCUT2D eigenvalue weighted by Gasteiger charge is 2.02. The average molecular weight is 211 g/mol. The van der Waals surface area contributed by atoms with Crippen molar-refractivity contribution in [2.75, 3.05) is 0 Å². The zero-order valence-electron chi connectivity index (χ0n) is 8.46. The molecule has 4 heteroatoms. The maximum Gasteiger partial charge on any atom is 0.159 e. The van der Waals surface area contributed by atoms with Gasteiger partial charge in [0, 0.05) is 0 Å². The van der Waals surface area contributed by atoms with Crippen LogP contribution in [-0.2, 0) is 0 Å². The predicted molar refractivity (Wildman–Crippen MR) is 54.9 cm³/mol. The largest absolute Gasteiger partial charge is 0.411 e. The molecule has 0 aromatic heterocycles. The topological polar surface area (TPSA) is 32.6 Å². The lowest BCUT2D eigenvalue weighted by Gasteiger charge is -1.99. The Labute approximate surface area is 86.5 Å². The van der Waals surface area contributed by atoms with E-state index in [1.54, 1.807) is 19.9 Å². The molecule has 0 spiro atoms. The van der Waals surface area contributed by atoms with Crippen LogP contribution in [0.2, 0.25) is 0 Å². The number of hydrogen-bond donors (Lipinski definition) is 1. The molecule has 1 rings (SSSR count). The van der Waals surface area contributed by atoms with E-state index in [-0.39, 0.29) is 0 Å². The van der Waals surface area contributed by atoms with Gasteiger partial charge < -0.3 is 5.21 Å². The number of oxime groups is 1. The summed E-state index contributed by atoms with van der Waals surface area (Å²) in [5.41, 5.74) is 1.64. The number of hydrogen-bond acceptors (Lipinski definition) is 2. The van der Waals surface area contributed by atoms with E-state index in [9.17, 15) is 8.78 Å². The van der Waals surface area contributed by atoms with Crippen molar-refractivity contribution in [1.82, 2.24) is 0 Å². The van der Waals surface area contributed by atoms with Crippen molar-refractivity contribution in [3.8, 4) is 0 Å². The van der Waals surface area contributed by atoms with Crippen molar-refractivity contribution in [1.29, 1.82) is 0 Å². The summed E-state index contributed by atoms with van der Waals surface area (Å²) in [4.78, 5) is 0. The van der Waals surface area contributed by atoms with Crippen molar-refractivity contribution in [3.05, 3.63) is 41.0 Å². The van der Waals surface area contributed by atoms with Gasteiger partial charge in [-0.25, -0.2) is 8.78 Å². The summed E-state index contributed by atoms with van der Waals surface area (Å²) in [6, 6.07) is 3.59. The third-order valence-corrected chi connectivity index (χ3v) is 2.05. The van der Waals surface area contributed by atoms with E-state index < -0.39 is 11.6 Å². The normalized spacial score (nSPS) is 13.1. The van der Waals surface area contributed by atoms with Gasteiger partial charge in [-0.15, -0.1) is 0 Å². The van der Waals surface area contributed by atoms with Crippen molar-refractivity contribution in [2.24, 2.45) is 5.16 Å². The lowest BCUT2D eigenvalue weighted by atomic mass is 10.1. The summed E-state index contributed by atoms with van der Waals surface area (Å²) in [6.45, 7) is 3.34. The molecule has 1 aromatic carbocycles. The maximum absolute atomic E-state index is 12.8. The molecule has 2 nitrogen and oxygen atoms in total. The monoisotopic (exact) mass is 211 g/mol. The number of halogens is 2. The highest BCUT2D eigenvalue weighted by atomic mass is 19.2. The zero-order valence-corrected chi connectivity index (χ0v) is 8.46. The van der Waals surface area contributed by atoms with Crippen molar-refractivity contribution in [3.63, 3.8) is 0 Å². The highest BCUT2D eigenvalue weighted by molar-refractivity contribution is 6.01. The van der Waals surface area contributed by atoms with Crippen LogP contribution in [0.4, 0.5) is 8.78 Å². The van der Waals surface area contributed by atoms with Gasteiger partial charge in [0.05, 0.1) is 5.71 Å². The SMILES string of the molecule is CC(=C/c1ccc(F)c(F)c1)/C(C)=N/O. The molecule has 0 aliphatic carbocycles. The number of rotatable bonds is 2. The number of allylic oxidation sites excluding steroid dienone is 1. The second-order valence-corrected chi connectivity index (χ2v) is 3.19. The summed E-state index contributed by atoms with van der Waals surface area (Å²) >= 11 is 0. The van der Waals surface area contributed by atoms with E-state index in [2.05, 4.69) is 5.16 Å². The molecule has 0 radical (unpaired) electrons. The first-order valence-corrected chi connectivity index (χ1v) is 4.37. The molecule has 80 valence electrons. The van der Waals surface area contributed by atoms with Gasteiger partial charge in [0.2, 0.25) is 0 Å². The average Bonchev–Trinajstić information content (AvgIpc) is 2.22. The molecular formula is C11H11F2NO. The van der Waals surface area contributed by atoms with Gasteiger partial charge in [-0.05, 0) is 37.1 Å². The molecule has 1 N–H and O–H groups in total. The van der Waals surface area contributed by atoms with Gasteiger partial charge in [0.25, 0.3) is 0 Å². The van der Waals surface area contributed by atoms with E-state index in [0.29, 0.717) is 16.8 Å². The third-order valence-electron chi connectivity index (χ3n) is 2.05. The van der Waals surface area contributed by atoms with Crippen molar-refractivity contribution in [2.45, 2.75) is 13.8 Å². The molecule has 0 bridgehead atoms. The number of benzene rings is 1. The standard InChI is InChI=1S/C11H11F2NO/c1-7(8(2)14-15)5-9-3-4-10(12)11(13)6-9/h3-6,15H,1-2H3/b7-5-,14-8+. The Morgan fingerprint density at radius 2 is 1.93 bits per heavy atom. The quantitative estimate of drug-likeness (QED) is 0.454. The van der Waals surface area contributed by atoms with E-state index in [1.165, 1.54) is 6.07 Å². The minimum atomic E-state index is -0.893. The van der Waals surface area contributed by atoms with Gasteiger partial charge in [0.15, 0.2) is 11.6 Å². The van der Waals surface area contributed by atoms with E-state index in [1.807, 2.05) is 0 Å². The lowest BCUT2D eigenvalue weighted by Crippen LogP contribution is -1.93. The van der Waals surface area contributed by atoms with Gasteiger partial charge >= 0.3 is 0 Å². The highest BCUT2D eigenvalue weighted by Crippen LogP contribution is 2.12. The second-order valence-electron chi connectivity index (χ2n) is 3.19. The van der Waals surface area contributed by atoms with Gasteiger partial charge in [-0.2, -0.15) is 0 Å². The third kappa shape index (κ3) is 2.87. The fraction of sp³-hybridized carbons (Fsp3) is 0.182. The van der Waals surface area contributed by atoms with Crippen LogP contribution < -0.4 is 0 Å². The van der Waals surface area contributed by atoms with Crippen LogP contribution >= 0.6 is 0 Å². The lowest BCUT2D eigenvalue weighted by molar-refractivity contribution is 0.319. The Kier molecular flexibility index (Phi) is 3.55. The molecule has 0 fully saturated rings. The Bertz CT molecular complexity index is 425. The van der Waals surface area contributed by atoms with Crippen LogP contribution in [0.25, 0.3) is 6.08 Å². The molecule has 0 saturated heterocycles. The fourth-order valence-corrected chi connectivity index (χ4v) is 1.04. The van der Waals surface area contributed by atoms with Gasteiger partial charge in [0.1, 0.15) is 0 Å². The van der Waals surface area contributed by atoms with Gasteiger partial charge in [-0.1, -0.05) is 17.3 Å². The van der Waals surface area contributed by atoms with Gasteiger partial charge in [-0.3, -0.25) is 0 Å². The number of nitrogens with zero attached hydrogens (tertiary/aromatic N) is 1. The van der Waals surface area contributed by atoms with Crippen LogP contribution in [0, 0.1) is 11.6 Å². The summed E-state index contributed by atoms with van der Waals surface area (Å²) in [6.07, 6.45) is 1.61. The van der Waals surface area contributed by atoms with E-state index in [4.69, 9.17) is 5.21 Å². The first-order chi connectivity index (χ1) is 7.04. The van der Waals surface area contributed by atoms with E-state index in [0.717, 1.165) is 12.1 Å². The van der Waals surface area contributed by atoms with Crippen LogP contribution in [-0.4, -0.2) is 10.9 Å². The first kappa shape index (κ1) is 11.4. The van der Waals surface area contributed by atoms with Crippen molar-refractivity contribution < 1.29 is 14.0 Å². The first-order valence-electron chi connectivity index (χ1n) is 4.37. The van der Waals surface area contributed by atoms with Crippen LogP contribution in [0.15, 0.2) is 28.9 Å². The Balaban J connectivity index is 3.04. The summed E-state index contributed by atoms with van der Waals surface area (Å²) in [5, 5.41) is 11.5. The molecule has 0 heterocycles. The molecule has 0 amide bonds. The predicted octanol–water partition coefficient (Wildman–Crippen LogP) is 3.22. The molecule has 0 atom stereocenters. The molecule has 1 aromatic rings. The van der Waals surface area contributed by atoms with Crippen LogP contribution in [0.5, 0.6) is 0 Å². The Morgan fingerprint density at radius 1 is 1.27 bits per heavy atom. The molecule has 0 aliphatic heterocycles. The maximum atomic E-state index is 12.8. The minimum absolute atomic E-state index is 0.430. The van der Waals surface area contributed by atoms with Crippen molar-refractivity contribution >= 4 is 11.8 Å². The zero-order chi connectivity index (χ0) is 11.4. The summed E-state index contributed by atoms with van der Waals surface area (Å²) in [7, 11) is 0. The Hall–Kier alpha value is -1.71. The Morgan fingerprint density at radius 3 is 2.47 bits per heavy atom. The minimum Gasteiger partial charge on any atom is -0.411 e. The smallest absolute Gasteiger partial charge is 0.159 e. The molecule has 0 unspecified atom stereocenters. The fourth-order valence-electron chi connectivity index (χ4n) is 1.04. The van der Waals surface area contributed by atoms with E-state index >= 15 is 0 Å². The summed E-state index contributed by atoms with van der Waals surface area (Å²) < 4.78 is 25.4. The molecule has 0 saturated carbocycles. The summed E-state index contributed by atoms with van der Waals surface area (Å²) in [5.74, 6) is -1.77. The molecular weight excluding hydrogens is 200 g/mol. The molecule has 15 heavy (non-hydrogen) atoms. The van der Waals surface area contributed by atoms with Crippen LogP contribution in [0.3, 0.4) is 0 Å². The molecule has 0 aliphatic rings. The second kappa shape index (κ2) is 4.68. The van der Waals surface area contributed by atoms with Crippen LogP contribution in [0.1, 0.15) is 19.4 Å².